The molecule has 0 unspecified atom stereocenters. The topological polar surface area (TPSA) is 0 Å². The fraction of sp³-hybridized carbons (Fsp3) is 0.360. The third kappa shape index (κ3) is 7.32. The Kier molecular flexibility index (Phi) is 8.44. The van der Waals surface area contributed by atoms with Crippen LogP contribution in [0.15, 0.2) is 48.5 Å². The van der Waals surface area contributed by atoms with Gasteiger partial charge in [0.05, 0.1) is 0 Å². The van der Waals surface area contributed by atoms with Crippen LogP contribution in [0, 0.1) is 23.7 Å². The molecule has 0 atom stereocenters. The Morgan fingerprint density at radius 2 is 1.16 bits per heavy atom. The summed E-state index contributed by atoms with van der Waals surface area (Å²) in [6.45, 7) is 4.44. The highest BCUT2D eigenvalue weighted by molar-refractivity contribution is 5.46. The summed E-state index contributed by atoms with van der Waals surface area (Å²) in [6.07, 6.45) is 8.40. The number of hydrogen-bond donors (Lipinski definition) is 0. The summed E-state index contributed by atoms with van der Waals surface area (Å²) in [5.74, 6) is 13.0. The number of benzene rings is 2. The van der Waals surface area contributed by atoms with E-state index in [4.69, 9.17) is 0 Å². The molecule has 0 aliphatic heterocycles. The van der Waals surface area contributed by atoms with Crippen molar-refractivity contribution in [2.75, 3.05) is 0 Å². The van der Waals surface area contributed by atoms with E-state index in [0.29, 0.717) is 0 Å². The van der Waals surface area contributed by atoms with Crippen molar-refractivity contribution < 1.29 is 0 Å². The molecule has 25 heavy (non-hydrogen) atoms. The van der Waals surface area contributed by atoms with E-state index in [-0.39, 0.29) is 0 Å². The smallest absolute Gasteiger partial charge is 0.0249 e. The van der Waals surface area contributed by atoms with E-state index in [0.717, 1.165) is 29.5 Å². The van der Waals surface area contributed by atoms with Gasteiger partial charge in [-0.25, -0.2) is 0 Å². The molecule has 0 radical (unpaired) electrons. The van der Waals surface area contributed by atoms with Gasteiger partial charge in [-0.15, -0.1) is 0 Å². The molecule has 0 heteroatoms. The quantitative estimate of drug-likeness (QED) is 0.427. The number of hydrogen-bond acceptors (Lipinski definition) is 0. The molecule has 0 heterocycles. The lowest BCUT2D eigenvalue weighted by Gasteiger charge is -1.97. The van der Waals surface area contributed by atoms with E-state index in [1.54, 1.807) is 0 Å². The van der Waals surface area contributed by atoms with Crippen molar-refractivity contribution in [1.82, 2.24) is 0 Å². The Bertz CT molecular complexity index is 740. The van der Waals surface area contributed by atoms with Gasteiger partial charge in [0.2, 0.25) is 0 Å². The van der Waals surface area contributed by atoms with Gasteiger partial charge in [0.1, 0.15) is 0 Å². The van der Waals surface area contributed by atoms with Gasteiger partial charge in [-0.3, -0.25) is 0 Å². The molecule has 0 saturated carbocycles. The van der Waals surface area contributed by atoms with Gasteiger partial charge in [-0.05, 0) is 54.8 Å². The zero-order valence-electron chi connectivity index (χ0n) is 15.6. The van der Waals surface area contributed by atoms with Gasteiger partial charge in [-0.2, -0.15) is 0 Å². The fourth-order valence-electron chi connectivity index (χ4n) is 2.63. The van der Waals surface area contributed by atoms with Crippen LogP contribution in [0.5, 0.6) is 0 Å². The highest BCUT2D eigenvalue weighted by atomic mass is 14.0. The third-order valence-corrected chi connectivity index (χ3v) is 4.12. The molecule has 0 bridgehead atoms. The van der Waals surface area contributed by atoms with Crippen molar-refractivity contribution in [2.45, 2.75) is 58.8 Å². The van der Waals surface area contributed by atoms with E-state index in [1.807, 2.05) is 0 Å². The second-order valence-electron chi connectivity index (χ2n) is 6.39. The highest BCUT2D eigenvalue weighted by Crippen LogP contribution is 2.07. The molecule has 0 amide bonds. The van der Waals surface area contributed by atoms with Crippen LogP contribution in [0.25, 0.3) is 0 Å². The Morgan fingerprint density at radius 3 is 1.72 bits per heavy atom. The molecule has 0 fully saturated rings. The molecule has 2 aromatic carbocycles. The van der Waals surface area contributed by atoms with Crippen LogP contribution in [-0.4, -0.2) is 0 Å². The maximum absolute atomic E-state index is 3.27. The Labute approximate surface area is 153 Å². The molecule has 128 valence electrons. The maximum Gasteiger partial charge on any atom is 0.0249 e. The Hall–Kier alpha value is -2.44. The number of unbranched alkanes of at least 4 members (excludes halogenated alkanes) is 4. The van der Waals surface area contributed by atoms with Crippen LogP contribution < -0.4 is 0 Å². The molecule has 2 rings (SSSR count). The lowest BCUT2D eigenvalue weighted by Crippen LogP contribution is -1.83. The van der Waals surface area contributed by atoms with Crippen LogP contribution in [0.4, 0.5) is 0 Å². The summed E-state index contributed by atoms with van der Waals surface area (Å²) in [5, 5.41) is 0. The summed E-state index contributed by atoms with van der Waals surface area (Å²) in [6, 6.07) is 16.8. The van der Waals surface area contributed by atoms with E-state index < -0.39 is 0 Å². The van der Waals surface area contributed by atoms with Crippen LogP contribution in [0.2, 0.25) is 0 Å². The first-order valence-corrected chi connectivity index (χ1v) is 9.51. The van der Waals surface area contributed by atoms with Crippen LogP contribution in [0.3, 0.4) is 0 Å². The molecule has 0 aliphatic rings. The third-order valence-electron chi connectivity index (χ3n) is 4.12. The average molecular weight is 328 g/mol. The van der Waals surface area contributed by atoms with Crippen LogP contribution >= 0.6 is 0 Å². The monoisotopic (exact) mass is 328 g/mol. The van der Waals surface area contributed by atoms with Gasteiger partial charge < -0.3 is 0 Å². The van der Waals surface area contributed by atoms with Crippen molar-refractivity contribution in [3.05, 3.63) is 70.8 Å². The lowest BCUT2D eigenvalue weighted by atomic mass is 10.1. The SMILES string of the molecule is CCCCCCC#Cc1ccc(C#Cc2ccc(CCC)cc2)cc1. The van der Waals surface area contributed by atoms with Crippen molar-refractivity contribution in [1.29, 1.82) is 0 Å². The minimum Gasteiger partial charge on any atom is -0.0979 e. The minimum absolute atomic E-state index is 0.996. The van der Waals surface area contributed by atoms with Gasteiger partial charge in [-0.1, -0.05) is 75.3 Å². The van der Waals surface area contributed by atoms with Gasteiger partial charge >= 0.3 is 0 Å². The summed E-state index contributed by atoms with van der Waals surface area (Å²) in [4.78, 5) is 0. The second kappa shape index (κ2) is 11.2. The normalized spacial score (nSPS) is 9.68. The molecule has 0 nitrogen and oxygen atoms in total. The fourth-order valence-corrected chi connectivity index (χ4v) is 2.63. The molecule has 0 aliphatic carbocycles. The molecular formula is C25H28. The summed E-state index contributed by atoms with van der Waals surface area (Å²) < 4.78 is 0. The summed E-state index contributed by atoms with van der Waals surface area (Å²) in [5.41, 5.74) is 4.55. The first-order valence-electron chi connectivity index (χ1n) is 9.51. The summed E-state index contributed by atoms with van der Waals surface area (Å²) in [7, 11) is 0. The Morgan fingerprint density at radius 1 is 0.600 bits per heavy atom. The average Bonchev–Trinajstić information content (AvgIpc) is 2.65. The van der Waals surface area contributed by atoms with Crippen LogP contribution in [0.1, 0.15) is 74.6 Å². The summed E-state index contributed by atoms with van der Waals surface area (Å²) >= 11 is 0. The molecule has 0 spiro atoms. The predicted octanol–water partition coefficient (Wildman–Crippen LogP) is 6.36. The van der Waals surface area contributed by atoms with E-state index in [9.17, 15) is 0 Å². The van der Waals surface area contributed by atoms with Gasteiger partial charge in [0.25, 0.3) is 0 Å². The van der Waals surface area contributed by atoms with E-state index >= 15 is 0 Å². The molecule has 0 saturated heterocycles. The molecule has 0 N–H and O–H groups in total. The van der Waals surface area contributed by atoms with Crippen LogP contribution in [-0.2, 0) is 6.42 Å². The van der Waals surface area contributed by atoms with Crippen molar-refractivity contribution in [3.63, 3.8) is 0 Å². The zero-order chi connectivity index (χ0) is 17.7. The number of rotatable bonds is 6. The zero-order valence-corrected chi connectivity index (χ0v) is 15.6. The van der Waals surface area contributed by atoms with Gasteiger partial charge in [0.15, 0.2) is 0 Å². The lowest BCUT2D eigenvalue weighted by molar-refractivity contribution is 0.679. The molecular weight excluding hydrogens is 300 g/mol. The van der Waals surface area contributed by atoms with Crippen molar-refractivity contribution >= 4 is 0 Å². The second-order valence-corrected chi connectivity index (χ2v) is 6.39. The number of aryl methyl sites for hydroxylation is 1. The van der Waals surface area contributed by atoms with E-state index in [2.05, 4.69) is 86.1 Å². The first kappa shape index (κ1) is 18.9. The highest BCUT2D eigenvalue weighted by Gasteiger charge is 1.92. The maximum atomic E-state index is 3.27. The minimum atomic E-state index is 0.996. The standard InChI is InChI=1S/C25H28/c1-3-5-6-7-8-9-11-23-14-18-25(19-15-23)21-20-24-16-12-22(10-4-2)13-17-24/h12-19H,3-8,10H2,1-2H3. The van der Waals surface area contributed by atoms with Gasteiger partial charge in [0, 0.05) is 23.1 Å². The predicted molar refractivity (Wildman–Crippen MR) is 108 cm³/mol. The van der Waals surface area contributed by atoms with E-state index in [1.165, 1.54) is 37.7 Å². The first-order chi connectivity index (χ1) is 12.3. The molecule has 2 aromatic rings. The Balaban J connectivity index is 1.89. The molecule has 0 aromatic heterocycles. The van der Waals surface area contributed by atoms with Crippen molar-refractivity contribution in [2.24, 2.45) is 0 Å². The largest absolute Gasteiger partial charge is 0.0979 e. The van der Waals surface area contributed by atoms with Crippen molar-refractivity contribution in [3.8, 4) is 23.7 Å².